The minimum atomic E-state index is -0.117. The fourth-order valence-electron chi connectivity index (χ4n) is 3.84. The highest BCUT2D eigenvalue weighted by molar-refractivity contribution is 5.93. The van der Waals surface area contributed by atoms with Gasteiger partial charge in [-0.3, -0.25) is 9.69 Å². The fourth-order valence-corrected chi connectivity index (χ4v) is 3.84. The summed E-state index contributed by atoms with van der Waals surface area (Å²) in [6.07, 6.45) is 6.34. The summed E-state index contributed by atoms with van der Waals surface area (Å²) < 4.78 is 0. The number of hydrogen-bond donors (Lipinski definition) is 3. The molecular weight excluding hydrogens is 316 g/mol. The Kier molecular flexibility index (Phi) is 5.91. The molecule has 1 aromatic carbocycles. The van der Waals surface area contributed by atoms with Crippen LogP contribution in [0.15, 0.2) is 24.3 Å². The molecular formula is C19H28N4O2. The van der Waals surface area contributed by atoms with Gasteiger partial charge in [-0.05, 0) is 37.0 Å². The van der Waals surface area contributed by atoms with Crippen molar-refractivity contribution in [2.75, 3.05) is 20.1 Å². The lowest BCUT2D eigenvalue weighted by atomic mass is 10.1. The number of carbonyl (C=O) groups is 2. The first-order valence-electron chi connectivity index (χ1n) is 9.25. The first kappa shape index (κ1) is 17.7. The number of urea groups is 1. The summed E-state index contributed by atoms with van der Waals surface area (Å²) >= 11 is 0. The van der Waals surface area contributed by atoms with Gasteiger partial charge in [-0.2, -0.15) is 0 Å². The molecule has 2 fully saturated rings. The number of nitrogens with zero attached hydrogens (tertiary/aromatic N) is 1. The van der Waals surface area contributed by atoms with E-state index < -0.39 is 0 Å². The monoisotopic (exact) mass is 344 g/mol. The Hall–Kier alpha value is -2.08. The molecule has 3 rings (SSSR count). The summed E-state index contributed by atoms with van der Waals surface area (Å²) in [5.41, 5.74) is 1.59. The topological polar surface area (TPSA) is 73.5 Å². The third-order valence-electron chi connectivity index (χ3n) is 5.29. The maximum absolute atomic E-state index is 12.1. The number of rotatable bonds is 5. The van der Waals surface area contributed by atoms with Crippen molar-refractivity contribution < 1.29 is 9.59 Å². The molecule has 1 heterocycles. The molecule has 0 unspecified atom stereocenters. The second-order valence-electron chi connectivity index (χ2n) is 7.02. The molecule has 6 nitrogen and oxygen atoms in total. The third kappa shape index (κ3) is 4.72. The Morgan fingerprint density at radius 3 is 2.52 bits per heavy atom. The van der Waals surface area contributed by atoms with E-state index >= 15 is 0 Å². The molecule has 1 atom stereocenters. The SMILES string of the molecule is CNC(=O)c1ccc(CNC(=O)N[C@H]2CCN(C3CCCC3)C2)cc1. The van der Waals surface area contributed by atoms with Crippen LogP contribution < -0.4 is 16.0 Å². The third-order valence-corrected chi connectivity index (χ3v) is 5.29. The fraction of sp³-hybridized carbons (Fsp3) is 0.579. The van der Waals surface area contributed by atoms with E-state index in [1.807, 2.05) is 12.1 Å². The van der Waals surface area contributed by atoms with Crippen molar-refractivity contribution in [1.82, 2.24) is 20.9 Å². The second-order valence-corrected chi connectivity index (χ2v) is 7.02. The van der Waals surface area contributed by atoms with E-state index in [1.54, 1.807) is 19.2 Å². The van der Waals surface area contributed by atoms with Crippen molar-refractivity contribution in [2.45, 2.75) is 50.7 Å². The smallest absolute Gasteiger partial charge is 0.315 e. The van der Waals surface area contributed by atoms with E-state index in [-0.39, 0.29) is 18.0 Å². The van der Waals surface area contributed by atoms with Crippen LogP contribution in [0.5, 0.6) is 0 Å². The Morgan fingerprint density at radius 2 is 1.84 bits per heavy atom. The zero-order valence-electron chi connectivity index (χ0n) is 14.9. The van der Waals surface area contributed by atoms with Crippen LogP contribution in [0.25, 0.3) is 0 Å². The number of amides is 3. The van der Waals surface area contributed by atoms with Crippen molar-refractivity contribution in [3.63, 3.8) is 0 Å². The molecule has 25 heavy (non-hydrogen) atoms. The Bertz CT molecular complexity index is 596. The molecule has 2 aliphatic rings. The summed E-state index contributed by atoms with van der Waals surface area (Å²) in [5.74, 6) is -0.106. The van der Waals surface area contributed by atoms with Gasteiger partial charge in [0.2, 0.25) is 0 Å². The molecule has 1 saturated heterocycles. The predicted molar refractivity (Wildman–Crippen MR) is 97.4 cm³/mol. The minimum Gasteiger partial charge on any atom is -0.355 e. The molecule has 1 aromatic rings. The van der Waals surface area contributed by atoms with Crippen LogP contribution in [0, 0.1) is 0 Å². The van der Waals surface area contributed by atoms with Crippen molar-refractivity contribution in [2.24, 2.45) is 0 Å². The average Bonchev–Trinajstić information content (AvgIpc) is 3.31. The van der Waals surface area contributed by atoms with Gasteiger partial charge in [-0.25, -0.2) is 4.79 Å². The molecule has 3 amide bonds. The Labute approximate surface area is 149 Å². The van der Waals surface area contributed by atoms with E-state index in [2.05, 4.69) is 20.9 Å². The summed E-state index contributed by atoms with van der Waals surface area (Å²) in [4.78, 5) is 26.2. The normalized spacial score (nSPS) is 21.2. The molecule has 1 saturated carbocycles. The lowest BCUT2D eigenvalue weighted by Gasteiger charge is -2.23. The number of likely N-dealkylation sites (tertiary alicyclic amines) is 1. The number of benzene rings is 1. The molecule has 0 radical (unpaired) electrons. The van der Waals surface area contributed by atoms with Crippen LogP contribution in [-0.4, -0.2) is 49.1 Å². The van der Waals surface area contributed by atoms with E-state index in [9.17, 15) is 9.59 Å². The summed E-state index contributed by atoms with van der Waals surface area (Å²) in [6, 6.07) is 8.12. The van der Waals surface area contributed by atoms with E-state index in [4.69, 9.17) is 0 Å². The van der Waals surface area contributed by atoms with Gasteiger partial charge in [0, 0.05) is 44.3 Å². The highest BCUT2D eigenvalue weighted by Crippen LogP contribution is 2.26. The number of carbonyl (C=O) groups excluding carboxylic acids is 2. The second kappa shape index (κ2) is 8.34. The van der Waals surface area contributed by atoms with Crippen molar-refractivity contribution in [3.05, 3.63) is 35.4 Å². The highest BCUT2D eigenvalue weighted by atomic mass is 16.2. The molecule has 6 heteroatoms. The molecule has 136 valence electrons. The summed E-state index contributed by atoms with van der Waals surface area (Å²) in [6.45, 7) is 2.52. The van der Waals surface area contributed by atoms with Crippen molar-refractivity contribution >= 4 is 11.9 Å². The number of nitrogens with one attached hydrogen (secondary N) is 3. The van der Waals surface area contributed by atoms with E-state index in [0.717, 1.165) is 31.1 Å². The van der Waals surface area contributed by atoms with Gasteiger partial charge in [-0.15, -0.1) is 0 Å². The largest absolute Gasteiger partial charge is 0.355 e. The lowest BCUT2D eigenvalue weighted by Crippen LogP contribution is -2.43. The summed E-state index contributed by atoms with van der Waals surface area (Å²) in [7, 11) is 1.61. The van der Waals surface area contributed by atoms with Crippen molar-refractivity contribution in [3.8, 4) is 0 Å². The first-order valence-corrected chi connectivity index (χ1v) is 9.25. The molecule has 0 aromatic heterocycles. The summed E-state index contributed by atoms with van der Waals surface area (Å²) in [5, 5.41) is 8.58. The zero-order chi connectivity index (χ0) is 17.6. The van der Waals surface area contributed by atoms with Crippen LogP contribution in [0.3, 0.4) is 0 Å². The van der Waals surface area contributed by atoms with E-state index in [0.29, 0.717) is 12.1 Å². The Morgan fingerprint density at radius 1 is 1.12 bits per heavy atom. The standard InChI is InChI=1S/C19H28N4O2/c1-20-18(24)15-8-6-14(7-9-15)12-21-19(25)22-16-10-11-23(13-16)17-4-2-3-5-17/h6-9,16-17H,2-5,10-13H2,1H3,(H,20,24)(H2,21,22,25)/t16-/m0/s1. The van der Waals surface area contributed by atoms with Gasteiger partial charge in [0.15, 0.2) is 0 Å². The molecule has 3 N–H and O–H groups in total. The molecule has 1 aliphatic heterocycles. The predicted octanol–water partition coefficient (Wildman–Crippen LogP) is 1.86. The molecule has 0 bridgehead atoms. The zero-order valence-corrected chi connectivity index (χ0v) is 14.9. The van der Waals surface area contributed by atoms with E-state index in [1.165, 1.54) is 25.7 Å². The maximum atomic E-state index is 12.1. The van der Waals surface area contributed by atoms with Gasteiger partial charge in [-0.1, -0.05) is 25.0 Å². The maximum Gasteiger partial charge on any atom is 0.315 e. The van der Waals surface area contributed by atoms with Gasteiger partial charge in [0.25, 0.3) is 5.91 Å². The van der Waals surface area contributed by atoms with Crippen LogP contribution in [0.1, 0.15) is 48.0 Å². The minimum absolute atomic E-state index is 0.106. The van der Waals surface area contributed by atoms with Crippen LogP contribution >= 0.6 is 0 Å². The van der Waals surface area contributed by atoms with Gasteiger partial charge in [0.05, 0.1) is 0 Å². The quantitative estimate of drug-likeness (QED) is 0.763. The van der Waals surface area contributed by atoms with Crippen LogP contribution in [0.4, 0.5) is 4.79 Å². The molecule has 0 spiro atoms. The Balaban J connectivity index is 1.40. The highest BCUT2D eigenvalue weighted by Gasteiger charge is 2.30. The van der Waals surface area contributed by atoms with Crippen LogP contribution in [0.2, 0.25) is 0 Å². The van der Waals surface area contributed by atoms with Gasteiger partial charge in [0.1, 0.15) is 0 Å². The van der Waals surface area contributed by atoms with Crippen molar-refractivity contribution in [1.29, 1.82) is 0 Å². The molecule has 1 aliphatic carbocycles. The lowest BCUT2D eigenvalue weighted by molar-refractivity contribution is 0.0963. The van der Waals surface area contributed by atoms with Gasteiger partial charge < -0.3 is 16.0 Å². The average molecular weight is 344 g/mol. The first-order chi connectivity index (χ1) is 12.2. The van der Waals surface area contributed by atoms with Crippen LogP contribution in [-0.2, 0) is 6.54 Å². The number of hydrogen-bond acceptors (Lipinski definition) is 3. The van der Waals surface area contributed by atoms with Gasteiger partial charge >= 0.3 is 6.03 Å².